The number of rotatable bonds is 5. The molecule has 0 aliphatic heterocycles. The fourth-order valence-electron chi connectivity index (χ4n) is 1.87. The zero-order valence-electron chi connectivity index (χ0n) is 9.66. The summed E-state index contributed by atoms with van der Waals surface area (Å²) in [5.74, 6) is -1.06. The molecule has 1 aromatic rings. The van der Waals surface area contributed by atoms with Crippen LogP contribution in [0.25, 0.3) is 0 Å². The molecule has 0 radical (unpaired) electrons. The zero-order chi connectivity index (χ0) is 12.1. The van der Waals surface area contributed by atoms with E-state index in [0.717, 1.165) is 18.4 Å². The lowest BCUT2D eigenvalue weighted by Gasteiger charge is -2.15. The Morgan fingerprint density at radius 1 is 1.50 bits per heavy atom. The first-order valence-electron chi connectivity index (χ1n) is 5.52. The molecular weight excluding hydrogens is 207 g/mol. The molecule has 0 saturated heterocycles. The van der Waals surface area contributed by atoms with Gasteiger partial charge < -0.3 is 5.11 Å². The molecule has 2 nitrogen and oxygen atoms in total. The summed E-state index contributed by atoms with van der Waals surface area (Å²) in [7, 11) is 0. The van der Waals surface area contributed by atoms with Crippen LogP contribution in [0, 0.1) is 12.7 Å². The standard InChI is InChI=1S/C13H17FO2/c1-3-4-10(8-13(15)16)11-5-6-12(14)9(2)7-11/h5-7,10H,3-4,8H2,1-2H3,(H,15,16). The minimum Gasteiger partial charge on any atom is -0.481 e. The van der Waals surface area contributed by atoms with Crippen molar-refractivity contribution >= 4 is 5.97 Å². The van der Waals surface area contributed by atoms with Gasteiger partial charge in [0.2, 0.25) is 0 Å². The lowest BCUT2D eigenvalue weighted by Crippen LogP contribution is -2.06. The van der Waals surface area contributed by atoms with Crippen LogP contribution in [0.15, 0.2) is 18.2 Å². The van der Waals surface area contributed by atoms with Crippen molar-refractivity contribution in [3.8, 4) is 0 Å². The maximum absolute atomic E-state index is 13.1. The van der Waals surface area contributed by atoms with Gasteiger partial charge >= 0.3 is 5.97 Å². The number of hydrogen-bond acceptors (Lipinski definition) is 1. The van der Waals surface area contributed by atoms with Crippen LogP contribution in [-0.2, 0) is 4.79 Å². The highest BCUT2D eigenvalue weighted by Crippen LogP contribution is 2.26. The molecule has 0 aliphatic carbocycles. The Kier molecular flexibility index (Phi) is 4.47. The first-order valence-corrected chi connectivity index (χ1v) is 5.52. The quantitative estimate of drug-likeness (QED) is 0.831. The Bertz CT molecular complexity index is 374. The van der Waals surface area contributed by atoms with Crippen LogP contribution < -0.4 is 0 Å². The molecule has 0 bridgehead atoms. The van der Waals surface area contributed by atoms with Crippen molar-refractivity contribution in [1.82, 2.24) is 0 Å². The largest absolute Gasteiger partial charge is 0.481 e. The molecule has 0 spiro atoms. The van der Waals surface area contributed by atoms with Gasteiger partial charge in [0.15, 0.2) is 0 Å². The number of carboxylic acid groups (broad SMARTS) is 1. The molecule has 1 aromatic carbocycles. The van der Waals surface area contributed by atoms with Gasteiger partial charge in [0, 0.05) is 0 Å². The van der Waals surface area contributed by atoms with Crippen molar-refractivity contribution in [1.29, 1.82) is 0 Å². The fourth-order valence-corrected chi connectivity index (χ4v) is 1.87. The maximum atomic E-state index is 13.1. The van der Waals surface area contributed by atoms with Crippen molar-refractivity contribution in [3.63, 3.8) is 0 Å². The lowest BCUT2D eigenvalue weighted by molar-refractivity contribution is -0.137. The summed E-state index contributed by atoms with van der Waals surface area (Å²) in [5.41, 5.74) is 1.49. The van der Waals surface area contributed by atoms with E-state index in [4.69, 9.17) is 5.11 Å². The minimum atomic E-state index is -0.805. The molecular formula is C13H17FO2. The summed E-state index contributed by atoms with van der Waals surface area (Å²) in [4.78, 5) is 10.7. The highest BCUT2D eigenvalue weighted by atomic mass is 19.1. The van der Waals surface area contributed by atoms with Crippen molar-refractivity contribution in [2.75, 3.05) is 0 Å². The molecule has 0 amide bonds. The normalized spacial score (nSPS) is 12.4. The van der Waals surface area contributed by atoms with E-state index in [1.54, 1.807) is 19.1 Å². The van der Waals surface area contributed by atoms with Crippen LogP contribution >= 0.6 is 0 Å². The number of hydrogen-bond donors (Lipinski definition) is 1. The van der Waals surface area contributed by atoms with Crippen LogP contribution in [0.2, 0.25) is 0 Å². The van der Waals surface area contributed by atoms with Crippen LogP contribution in [-0.4, -0.2) is 11.1 Å². The minimum absolute atomic E-state index is 0.0122. The molecule has 3 heteroatoms. The number of aliphatic carboxylic acids is 1. The molecule has 1 rings (SSSR count). The molecule has 1 unspecified atom stereocenters. The van der Waals surface area contributed by atoms with E-state index in [-0.39, 0.29) is 18.2 Å². The number of carboxylic acids is 1. The van der Waals surface area contributed by atoms with Gasteiger partial charge in [-0.1, -0.05) is 25.5 Å². The summed E-state index contributed by atoms with van der Waals surface area (Å²) in [6, 6.07) is 4.85. The predicted molar refractivity (Wildman–Crippen MR) is 61.0 cm³/mol. The summed E-state index contributed by atoms with van der Waals surface area (Å²) in [6.07, 6.45) is 1.85. The van der Waals surface area contributed by atoms with E-state index < -0.39 is 5.97 Å². The monoisotopic (exact) mass is 224 g/mol. The second-order valence-corrected chi connectivity index (χ2v) is 4.09. The number of benzene rings is 1. The molecule has 88 valence electrons. The predicted octanol–water partition coefficient (Wildman–Crippen LogP) is 3.49. The average molecular weight is 224 g/mol. The van der Waals surface area contributed by atoms with Crippen LogP contribution in [0.1, 0.15) is 43.2 Å². The third-order valence-electron chi connectivity index (χ3n) is 2.71. The number of carbonyl (C=O) groups is 1. The molecule has 0 aliphatic rings. The third-order valence-corrected chi connectivity index (χ3v) is 2.71. The van der Waals surface area contributed by atoms with E-state index in [1.807, 2.05) is 6.92 Å². The fraction of sp³-hybridized carbons (Fsp3) is 0.462. The molecule has 1 atom stereocenters. The van der Waals surface area contributed by atoms with Gasteiger partial charge in [0.05, 0.1) is 6.42 Å². The highest BCUT2D eigenvalue weighted by molar-refractivity contribution is 5.68. The molecule has 0 heterocycles. The van der Waals surface area contributed by atoms with Gasteiger partial charge in [-0.3, -0.25) is 4.79 Å². The maximum Gasteiger partial charge on any atom is 0.303 e. The topological polar surface area (TPSA) is 37.3 Å². The van der Waals surface area contributed by atoms with Gasteiger partial charge in [-0.15, -0.1) is 0 Å². The van der Waals surface area contributed by atoms with Crippen molar-refractivity contribution in [3.05, 3.63) is 35.1 Å². The van der Waals surface area contributed by atoms with E-state index in [1.165, 1.54) is 6.07 Å². The molecule has 16 heavy (non-hydrogen) atoms. The molecule has 1 N–H and O–H groups in total. The van der Waals surface area contributed by atoms with E-state index in [9.17, 15) is 9.18 Å². The SMILES string of the molecule is CCCC(CC(=O)O)c1ccc(F)c(C)c1. The average Bonchev–Trinajstić information content (AvgIpc) is 2.21. The van der Waals surface area contributed by atoms with E-state index in [2.05, 4.69) is 0 Å². The second kappa shape index (κ2) is 5.64. The van der Waals surface area contributed by atoms with Gasteiger partial charge in [0.25, 0.3) is 0 Å². The number of halogens is 1. The van der Waals surface area contributed by atoms with Crippen molar-refractivity contribution in [2.45, 2.75) is 39.0 Å². The Labute approximate surface area is 95.1 Å². The summed E-state index contributed by atoms with van der Waals surface area (Å²) < 4.78 is 13.1. The van der Waals surface area contributed by atoms with E-state index in [0.29, 0.717) is 5.56 Å². The first kappa shape index (κ1) is 12.7. The smallest absolute Gasteiger partial charge is 0.303 e. The summed E-state index contributed by atoms with van der Waals surface area (Å²) >= 11 is 0. The first-order chi connectivity index (χ1) is 7.54. The van der Waals surface area contributed by atoms with Gasteiger partial charge in [0.1, 0.15) is 5.82 Å². The Hall–Kier alpha value is -1.38. The zero-order valence-corrected chi connectivity index (χ0v) is 9.66. The molecule has 0 saturated carbocycles. The van der Waals surface area contributed by atoms with E-state index >= 15 is 0 Å². The highest BCUT2D eigenvalue weighted by Gasteiger charge is 2.15. The Morgan fingerprint density at radius 2 is 2.19 bits per heavy atom. The van der Waals surface area contributed by atoms with Crippen LogP contribution in [0.5, 0.6) is 0 Å². The Morgan fingerprint density at radius 3 is 2.69 bits per heavy atom. The second-order valence-electron chi connectivity index (χ2n) is 4.09. The third kappa shape index (κ3) is 3.33. The number of aryl methyl sites for hydroxylation is 1. The van der Waals surface area contributed by atoms with Crippen molar-refractivity contribution < 1.29 is 14.3 Å². The molecule has 0 fully saturated rings. The summed E-state index contributed by atoms with van der Waals surface area (Å²) in [5, 5.41) is 8.82. The Balaban J connectivity index is 2.91. The van der Waals surface area contributed by atoms with Crippen LogP contribution in [0.3, 0.4) is 0 Å². The van der Waals surface area contributed by atoms with Crippen LogP contribution in [0.4, 0.5) is 4.39 Å². The lowest BCUT2D eigenvalue weighted by atomic mass is 9.90. The summed E-state index contributed by atoms with van der Waals surface area (Å²) in [6.45, 7) is 3.72. The van der Waals surface area contributed by atoms with Gasteiger partial charge in [-0.05, 0) is 36.5 Å². The molecule has 0 aromatic heterocycles. The van der Waals surface area contributed by atoms with Gasteiger partial charge in [-0.25, -0.2) is 4.39 Å². The van der Waals surface area contributed by atoms with Crippen molar-refractivity contribution in [2.24, 2.45) is 0 Å². The van der Waals surface area contributed by atoms with Gasteiger partial charge in [-0.2, -0.15) is 0 Å².